The van der Waals surface area contributed by atoms with Gasteiger partial charge in [0.1, 0.15) is 0 Å². The molecule has 4 nitrogen and oxygen atoms in total. The quantitative estimate of drug-likeness (QED) is 0.838. The molecule has 0 aliphatic carbocycles. The first-order valence-corrected chi connectivity index (χ1v) is 7.97. The summed E-state index contributed by atoms with van der Waals surface area (Å²) in [6.07, 6.45) is 0. The monoisotopic (exact) mass is 349 g/mol. The molecule has 0 aromatic heterocycles. The summed E-state index contributed by atoms with van der Waals surface area (Å²) in [5.74, 6) is -3.88. The number of carbonyl (C=O) groups is 1. The number of urea groups is 1. The standard InChI is InChI=1S/C18H18F3N3O/c1-12-2-4-13(5-3-12)22-18(25)24-10-8-23(9-11-24)15-7-6-14(19)16(20)17(15)21/h2-7H,8-11H2,1H3,(H,22,25). The van der Waals surface area contributed by atoms with Crippen LogP contribution in [0, 0.1) is 24.4 Å². The second-order valence-corrected chi connectivity index (χ2v) is 5.96. The molecule has 1 aliphatic rings. The summed E-state index contributed by atoms with van der Waals surface area (Å²) in [5, 5.41) is 2.81. The molecule has 25 heavy (non-hydrogen) atoms. The highest BCUT2D eigenvalue weighted by molar-refractivity contribution is 5.89. The summed E-state index contributed by atoms with van der Waals surface area (Å²) in [6, 6.07) is 9.33. The number of hydrogen-bond donors (Lipinski definition) is 1. The Hall–Kier alpha value is -2.70. The molecule has 0 atom stereocenters. The Morgan fingerprint density at radius 1 is 0.920 bits per heavy atom. The molecule has 2 amide bonds. The van der Waals surface area contributed by atoms with E-state index in [1.54, 1.807) is 9.80 Å². The fourth-order valence-corrected chi connectivity index (χ4v) is 2.75. The molecule has 0 unspecified atom stereocenters. The molecule has 1 heterocycles. The number of piperazine rings is 1. The van der Waals surface area contributed by atoms with Gasteiger partial charge in [0.25, 0.3) is 0 Å². The fourth-order valence-electron chi connectivity index (χ4n) is 2.75. The van der Waals surface area contributed by atoms with Crippen LogP contribution in [0.2, 0.25) is 0 Å². The van der Waals surface area contributed by atoms with Gasteiger partial charge in [-0.3, -0.25) is 0 Å². The van der Waals surface area contributed by atoms with Crippen LogP contribution in [0.4, 0.5) is 29.3 Å². The van der Waals surface area contributed by atoms with Gasteiger partial charge in [-0.15, -0.1) is 0 Å². The number of carbonyl (C=O) groups excluding carboxylic acids is 1. The number of amides is 2. The van der Waals surface area contributed by atoms with Gasteiger partial charge in [0.15, 0.2) is 17.5 Å². The van der Waals surface area contributed by atoms with E-state index in [-0.39, 0.29) is 11.7 Å². The summed E-state index contributed by atoms with van der Waals surface area (Å²) in [6.45, 7) is 3.35. The molecule has 1 fully saturated rings. The van der Waals surface area contributed by atoms with Crippen molar-refractivity contribution in [2.75, 3.05) is 36.4 Å². The number of rotatable bonds is 2. The lowest BCUT2D eigenvalue weighted by Gasteiger charge is -2.36. The zero-order valence-corrected chi connectivity index (χ0v) is 13.7. The van der Waals surface area contributed by atoms with Crippen molar-refractivity contribution >= 4 is 17.4 Å². The van der Waals surface area contributed by atoms with Gasteiger partial charge in [-0.05, 0) is 31.2 Å². The highest BCUT2D eigenvalue weighted by Gasteiger charge is 2.24. The van der Waals surface area contributed by atoms with Crippen molar-refractivity contribution < 1.29 is 18.0 Å². The van der Waals surface area contributed by atoms with Crippen LogP contribution in [0.15, 0.2) is 36.4 Å². The first-order valence-electron chi connectivity index (χ1n) is 7.97. The van der Waals surface area contributed by atoms with Gasteiger partial charge in [-0.1, -0.05) is 17.7 Å². The summed E-state index contributed by atoms with van der Waals surface area (Å²) in [4.78, 5) is 15.5. The normalized spacial score (nSPS) is 14.6. The maximum absolute atomic E-state index is 13.9. The first kappa shape index (κ1) is 17.1. The second kappa shape index (κ2) is 7.04. The minimum Gasteiger partial charge on any atom is -0.366 e. The van der Waals surface area contributed by atoms with Gasteiger partial charge >= 0.3 is 6.03 Å². The summed E-state index contributed by atoms with van der Waals surface area (Å²) in [7, 11) is 0. The lowest BCUT2D eigenvalue weighted by atomic mass is 10.2. The Balaban J connectivity index is 1.61. The molecule has 0 bridgehead atoms. The number of nitrogens with zero attached hydrogens (tertiary/aromatic N) is 2. The summed E-state index contributed by atoms with van der Waals surface area (Å²) in [5.41, 5.74) is 1.81. The fraction of sp³-hybridized carbons (Fsp3) is 0.278. The lowest BCUT2D eigenvalue weighted by molar-refractivity contribution is 0.208. The van der Waals surface area contributed by atoms with Crippen LogP contribution < -0.4 is 10.2 Å². The van der Waals surface area contributed by atoms with Gasteiger partial charge in [0, 0.05) is 31.9 Å². The van der Waals surface area contributed by atoms with E-state index in [2.05, 4.69) is 5.32 Å². The SMILES string of the molecule is Cc1ccc(NC(=O)N2CCN(c3ccc(F)c(F)c3F)CC2)cc1. The number of anilines is 2. The number of aryl methyl sites for hydroxylation is 1. The minimum absolute atomic E-state index is 0.0116. The van der Waals surface area contributed by atoms with Crippen molar-refractivity contribution in [1.29, 1.82) is 0 Å². The minimum atomic E-state index is -1.47. The van der Waals surface area contributed by atoms with Crippen LogP contribution >= 0.6 is 0 Å². The van der Waals surface area contributed by atoms with Crippen molar-refractivity contribution in [2.24, 2.45) is 0 Å². The van der Waals surface area contributed by atoms with Gasteiger partial charge in [-0.2, -0.15) is 0 Å². The Labute approximate surface area is 143 Å². The van der Waals surface area contributed by atoms with E-state index >= 15 is 0 Å². The third-order valence-corrected chi connectivity index (χ3v) is 4.23. The van der Waals surface area contributed by atoms with Crippen molar-refractivity contribution in [3.8, 4) is 0 Å². The van der Waals surface area contributed by atoms with Crippen molar-refractivity contribution in [3.63, 3.8) is 0 Å². The Bertz CT molecular complexity index is 772. The molecule has 1 aliphatic heterocycles. The van der Waals surface area contributed by atoms with Gasteiger partial charge < -0.3 is 15.1 Å². The van der Waals surface area contributed by atoms with Crippen LogP contribution in [0.25, 0.3) is 0 Å². The third-order valence-electron chi connectivity index (χ3n) is 4.23. The summed E-state index contributed by atoms with van der Waals surface area (Å²) < 4.78 is 40.3. The van der Waals surface area contributed by atoms with Crippen LogP contribution in [0.3, 0.4) is 0 Å². The van der Waals surface area contributed by atoms with Crippen LogP contribution in [0.5, 0.6) is 0 Å². The maximum atomic E-state index is 13.9. The zero-order valence-electron chi connectivity index (χ0n) is 13.7. The summed E-state index contributed by atoms with van der Waals surface area (Å²) >= 11 is 0. The maximum Gasteiger partial charge on any atom is 0.321 e. The van der Waals surface area contributed by atoms with Crippen molar-refractivity contribution in [3.05, 3.63) is 59.4 Å². The van der Waals surface area contributed by atoms with Crippen molar-refractivity contribution in [2.45, 2.75) is 6.92 Å². The van der Waals surface area contributed by atoms with Crippen molar-refractivity contribution in [1.82, 2.24) is 4.90 Å². The van der Waals surface area contributed by atoms with E-state index in [4.69, 9.17) is 0 Å². The van der Waals surface area contributed by atoms with E-state index in [0.29, 0.717) is 31.9 Å². The number of hydrogen-bond acceptors (Lipinski definition) is 2. The number of halogens is 3. The van der Waals surface area contributed by atoms with E-state index < -0.39 is 17.5 Å². The molecular weight excluding hydrogens is 331 g/mol. The molecule has 132 valence electrons. The van der Waals surface area contributed by atoms with E-state index in [9.17, 15) is 18.0 Å². The number of benzene rings is 2. The van der Waals surface area contributed by atoms with E-state index in [0.717, 1.165) is 11.6 Å². The molecule has 3 rings (SSSR count). The van der Waals surface area contributed by atoms with Crippen LogP contribution in [0.1, 0.15) is 5.56 Å². The van der Waals surface area contributed by atoms with Crippen LogP contribution in [-0.4, -0.2) is 37.1 Å². The van der Waals surface area contributed by atoms with Gasteiger partial charge in [0.05, 0.1) is 5.69 Å². The molecule has 1 N–H and O–H groups in total. The molecule has 2 aromatic rings. The Kier molecular flexibility index (Phi) is 4.83. The molecule has 1 saturated heterocycles. The molecule has 7 heteroatoms. The predicted octanol–water partition coefficient (Wildman–Crippen LogP) is 3.77. The van der Waals surface area contributed by atoms with E-state index in [1.165, 1.54) is 6.07 Å². The highest BCUT2D eigenvalue weighted by Crippen LogP contribution is 2.24. The number of nitrogens with one attached hydrogen (secondary N) is 1. The predicted molar refractivity (Wildman–Crippen MR) is 90.3 cm³/mol. The molecule has 0 spiro atoms. The lowest BCUT2D eigenvalue weighted by Crippen LogP contribution is -2.50. The van der Waals surface area contributed by atoms with Gasteiger partial charge in [0.2, 0.25) is 0 Å². The van der Waals surface area contributed by atoms with Gasteiger partial charge in [-0.25, -0.2) is 18.0 Å². The Morgan fingerprint density at radius 3 is 2.20 bits per heavy atom. The smallest absolute Gasteiger partial charge is 0.321 e. The first-order chi connectivity index (χ1) is 12.0. The average molecular weight is 349 g/mol. The second-order valence-electron chi connectivity index (χ2n) is 5.96. The average Bonchev–Trinajstić information content (AvgIpc) is 2.62. The topological polar surface area (TPSA) is 35.6 Å². The highest BCUT2D eigenvalue weighted by atomic mass is 19.2. The molecule has 0 radical (unpaired) electrons. The molecule has 0 saturated carbocycles. The third kappa shape index (κ3) is 3.70. The zero-order chi connectivity index (χ0) is 18.0. The molecular formula is C18H18F3N3O. The molecule has 2 aromatic carbocycles. The van der Waals surface area contributed by atoms with Crippen LogP contribution in [-0.2, 0) is 0 Å². The largest absolute Gasteiger partial charge is 0.366 e. The van der Waals surface area contributed by atoms with E-state index in [1.807, 2.05) is 31.2 Å². The Morgan fingerprint density at radius 2 is 1.56 bits per heavy atom.